The summed E-state index contributed by atoms with van der Waals surface area (Å²) in [5, 5.41) is 7.57. The van der Waals surface area contributed by atoms with E-state index in [1.165, 1.54) is 41.0 Å². The van der Waals surface area contributed by atoms with Crippen molar-refractivity contribution in [3.8, 4) is 0 Å². The second kappa shape index (κ2) is 62.5. The van der Waals surface area contributed by atoms with Crippen LogP contribution in [0.4, 0.5) is 4.79 Å². The third-order valence-electron chi connectivity index (χ3n) is 25.4. The summed E-state index contributed by atoms with van der Waals surface area (Å²) in [4.78, 5) is 48.5. The van der Waals surface area contributed by atoms with Crippen molar-refractivity contribution in [2.75, 3.05) is 91.6 Å². The van der Waals surface area contributed by atoms with Crippen LogP contribution in [0.15, 0.2) is 266 Å². The van der Waals surface area contributed by atoms with Crippen LogP contribution in [0.2, 0.25) is 33.2 Å². The van der Waals surface area contributed by atoms with Gasteiger partial charge in [0.2, 0.25) is 0 Å². The van der Waals surface area contributed by atoms with Crippen molar-refractivity contribution in [3.05, 3.63) is 306 Å². The van der Waals surface area contributed by atoms with E-state index in [1.807, 2.05) is 203 Å². The molecule has 6 fully saturated rings. The number of hydrogen-bond donors (Lipinski definition) is 4. The quantitative estimate of drug-likeness (QED) is 0.0107. The number of ether oxygens (including phenoxy) is 10. The highest BCUT2D eigenvalue weighted by Crippen LogP contribution is 2.53. The number of aliphatic hydroxyl groups is 1. The molecule has 0 radical (unpaired) electrons. The maximum atomic E-state index is 12.6. The number of hydrogen-bond acceptors (Lipinski definition) is 22. The van der Waals surface area contributed by atoms with E-state index in [9.17, 15) is 31.8 Å². The minimum absolute atomic E-state index is 0. The van der Waals surface area contributed by atoms with Crippen LogP contribution in [-0.2, 0) is 135 Å². The smallest absolute Gasteiger partial charge is 0.404 e. The summed E-state index contributed by atoms with van der Waals surface area (Å²) in [5.74, 6) is 0.00992. The minimum atomic E-state index is -3.77. The van der Waals surface area contributed by atoms with Gasteiger partial charge in [0, 0.05) is 81.7 Å². The van der Waals surface area contributed by atoms with Gasteiger partial charge in [-0.05, 0) is 185 Å². The maximum absolute atomic E-state index is 12.6. The normalized spacial score (nSPS) is 15.8. The minimum Gasteiger partial charge on any atom is -0.461 e. The van der Waals surface area contributed by atoms with Crippen molar-refractivity contribution >= 4 is 163 Å². The fraction of sp³-hybridized carbons (Fsp3) is 0.473. The van der Waals surface area contributed by atoms with Crippen LogP contribution in [-0.4, -0.2) is 152 Å². The Kier molecular flexibility index (Phi) is 56.5. The molecule has 0 amide bonds. The highest BCUT2D eigenvalue weighted by atomic mass is 79.9. The molecular weight excluding hydrogens is 2170 g/mol. The first-order valence-electron chi connectivity index (χ1n) is 47.4. The fourth-order valence-corrected chi connectivity index (χ4v) is 33.0. The zero-order valence-electron chi connectivity index (χ0n) is 84.5. The molecule has 142 heavy (non-hydrogen) atoms. The van der Waals surface area contributed by atoms with E-state index in [0.717, 1.165) is 82.2 Å². The molecule has 6 N–H and O–H groups in total. The Hall–Kier alpha value is -5.96. The summed E-state index contributed by atoms with van der Waals surface area (Å²) in [6.45, 7) is 45.1. The average Bonchev–Trinajstić information content (AvgIpc) is 0.796. The van der Waals surface area contributed by atoms with Crippen LogP contribution >= 0.6 is 106 Å². The monoisotopic (exact) mass is 2310 g/mol. The van der Waals surface area contributed by atoms with E-state index in [-0.39, 0.29) is 102 Å². The summed E-state index contributed by atoms with van der Waals surface area (Å²) in [6, 6.07) is 77.9. The molecule has 9 aromatic rings. The number of carbonyl (C=O) groups is 4. The molecule has 0 aromatic heterocycles. The Bertz CT molecular complexity index is 5230. The van der Waals surface area contributed by atoms with Crippen LogP contribution < -0.4 is 11.9 Å². The van der Waals surface area contributed by atoms with Gasteiger partial charge in [0.15, 0.2) is 0 Å². The Morgan fingerprint density at radius 2 is 0.704 bits per heavy atom. The molecule has 784 valence electrons. The van der Waals surface area contributed by atoms with Crippen LogP contribution in [0.25, 0.3) is 0 Å². The molecule has 0 saturated carbocycles. The Morgan fingerprint density at radius 3 is 0.923 bits per heavy atom. The zero-order valence-corrected chi connectivity index (χ0v) is 96.9. The van der Waals surface area contributed by atoms with Gasteiger partial charge >= 0.3 is 23.3 Å². The number of esters is 3. The number of nitrogens with two attached hydrogens (primary N) is 1. The lowest BCUT2D eigenvalue weighted by molar-refractivity contribution is -0.153. The predicted octanol–water partition coefficient (Wildman–Crippen LogP) is 27.8. The fourth-order valence-electron chi connectivity index (χ4n) is 17.0. The Morgan fingerprint density at radius 1 is 0.444 bits per heavy atom. The highest BCUT2D eigenvalue weighted by molar-refractivity contribution is 9.11. The Balaban J connectivity index is 0.000000349. The largest absolute Gasteiger partial charge is 0.461 e. The molecule has 1 atom stereocenters. The van der Waals surface area contributed by atoms with Gasteiger partial charge in [-0.2, -0.15) is 11.2 Å². The average molecular weight is 2320 g/mol. The molecule has 1 unspecified atom stereocenters. The third-order valence-corrected chi connectivity index (χ3v) is 53.1. The van der Waals surface area contributed by atoms with E-state index >= 15 is 0 Å². The van der Waals surface area contributed by atoms with E-state index < -0.39 is 45.1 Å². The van der Waals surface area contributed by atoms with Crippen molar-refractivity contribution < 1.29 is 84.3 Å². The number of aliphatic hydroxyl groups excluding tert-OH is 1. The molecular formula is C110H152Br3Cl3N2O18S4Si2. The molecule has 6 heterocycles. The summed E-state index contributed by atoms with van der Waals surface area (Å²) < 4.78 is 90.6. The van der Waals surface area contributed by atoms with Gasteiger partial charge in [-0.1, -0.05) is 320 Å². The SMILES string of the molecule is C.C1CCOC1.CC(C)(C)S(=O)CC1(c2ccc(Br)cc2)COC1.CC(C)[Si](S)(C(C)C)C(C)C.CC(C)[Si](Sc1ccc(C2(CC(=O)OCc3ccccc3)COC2)cc1)(C(C)C)C(C)C.CCO.Cl.N.NC1(c2ccc(Br)cc2)COC1.O=C(CC1(c2ccc(Br)cc2)COC1)OCc1ccccc1.O=C(CC1(c2ccc(S(=O)(=O)Cl)cc2)COC1)OCc1ccccc1.O=C(Cl)OCc1ccccc1. The first-order valence-corrected chi connectivity index (χ1v) is 61.1. The number of halogens is 6. The predicted molar refractivity (Wildman–Crippen MR) is 602 cm³/mol. The number of carbonyl (C=O) groups excluding carboxylic acids is 4. The number of thiol groups is 1. The van der Waals surface area contributed by atoms with Gasteiger partial charge in [0.1, 0.15) is 40.9 Å². The van der Waals surface area contributed by atoms with Gasteiger partial charge in [-0.3, -0.25) is 18.6 Å². The van der Waals surface area contributed by atoms with Crippen LogP contribution in [0.1, 0.15) is 200 Å². The van der Waals surface area contributed by atoms with Crippen LogP contribution in [0, 0.1) is 0 Å². The molecule has 32 heteroatoms. The Labute approximate surface area is 901 Å². The van der Waals surface area contributed by atoms with E-state index in [4.69, 9.17) is 87.8 Å². The van der Waals surface area contributed by atoms with Crippen LogP contribution in [0.5, 0.6) is 0 Å². The van der Waals surface area contributed by atoms with E-state index in [2.05, 4.69) is 183 Å². The van der Waals surface area contributed by atoms with Crippen molar-refractivity contribution in [2.24, 2.45) is 5.73 Å². The van der Waals surface area contributed by atoms with Gasteiger partial charge in [-0.25, -0.2) is 25.3 Å². The maximum Gasteiger partial charge on any atom is 0.404 e. The molecule has 6 aliphatic heterocycles. The first-order chi connectivity index (χ1) is 65.8. The summed E-state index contributed by atoms with van der Waals surface area (Å²) in [7, 11) is -2.15. The summed E-state index contributed by atoms with van der Waals surface area (Å²) in [6.07, 6.45) is 3.43. The van der Waals surface area contributed by atoms with Gasteiger partial charge in [0.25, 0.3) is 9.05 Å². The van der Waals surface area contributed by atoms with Crippen molar-refractivity contribution in [1.29, 1.82) is 0 Å². The van der Waals surface area contributed by atoms with Crippen LogP contribution in [0.3, 0.4) is 0 Å². The second-order valence-corrected chi connectivity index (χ2v) is 62.7. The summed E-state index contributed by atoms with van der Waals surface area (Å²) >= 11 is 22.3. The zero-order chi connectivity index (χ0) is 102. The van der Waals surface area contributed by atoms with Crippen molar-refractivity contribution in [2.45, 2.75) is 252 Å². The molecule has 0 bridgehead atoms. The summed E-state index contributed by atoms with van der Waals surface area (Å²) in [5.41, 5.74) is 17.8. The number of benzene rings is 9. The molecule has 6 saturated heterocycles. The lowest BCUT2D eigenvalue weighted by Crippen LogP contribution is -2.54. The van der Waals surface area contributed by atoms with Crippen molar-refractivity contribution in [1.82, 2.24) is 6.15 Å². The highest BCUT2D eigenvalue weighted by Gasteiger charge is 2.49. The second-order valence-electron chi connectivity index (χ2n) is 38.7. The standard InChI is InChI=1S/C27H38O3SSi.C18H17BrO3.C18H17ClO5S.C14H19BrO2S.C9H10BrNO.C9H22SSi.C8H7ClO2.C4H8O.C2H6O.CH4.ClH.H3N/c1-20(2)32(21(3)4,22(5)6)31-25-14-12-24(13-15-25)27(18-29-19-27)16-26(28)30-17-23-10-8-7-9-11-23;19-16-8-6-15(7-9-16)18(12-21-13-18)10-17(20)22-11-14-4-2-1-3-5-14;19-25(21,22)16-8-6-15(7-9-16)18(12-23-13-18)10-17(20)24-11-14-4-2-1-3-5-14;1-13(2,3)18(16)10-14(8-17-9-14)11-4-6-12(15)7-5-11;10-8-3-1-7(2-4-8)9(11)5-12-6-9;1-7(2)11(10,8(3)4)9(5)6;9-8(10)11-6-7-4-2-1-3-5-7;1-2-4-5-3-1;1-2-3;;;/h7-15,20-22H,16-19H2,1-6H3;1-9H,10-13H2;1-9H,10-13H2;4-7H,8-10H2,1-3H3;1-4H,5-6,11H2;7-10H,1-6H3;1-5H,6H2;1-4H2;3H,2H2,1H3;1H4;1H;1H3. The number of rotatable bonds is 30. The van der Waals surface area contributed by atoms with E-state index in [1.54, 1.807) is 19.1 Å². The van der Waals surface area contributed by atoms with Gasteiger partial charge in [0.05, 0.1) is 117 Å². The van der Waals surface area contributed by atoms with Crippen molar-refractivity contribution in [3.63, 3.8) is 0 Å². The molecule has 9 aromatic carbocycles. The molecule has 0 aliphatic carbocycles. The third kappa shape index (κ3) is 39.8. The lowest BCUT2D eigenvalue weighted by Gasteiger charge is -2.43. The van der Waals surface area contributed by atoms with Gasteiger partial charge < -0.3 is 64.4 Å². The van der Waals surface area contributed by atoms with Gasteiger partial charge in [-0.15, -0.1) is 12.4 Å². The molecule has 0 spiro atoms. The van der Waals surface area contributed by atoms with E-state index in [0.29, 0.717) is 115 Å². The topological polar surface area (TPSA) is 293 Å². The lowest BCUT2D eigenvalue weighted by atomic mass is 9.76. The molecule has 6 aliphatic rings. The molecule has 15 rings (SSSR count). The molecule has 20 nitrogen and oxygen atoms in total. The first kappa shape index (κ1) is 128.